The number of hydrogen-bond acceptors (Lipinski definition) is 6. The molecule has 8 nitrogen and oxygen atoms in total. The Kier molecular flexibility index (Phi) is 5.63. The summed E-state index contributed by atoms with van der Waals surface area (Å²) in [6.07, 6.45) is 2.61. The molecule has 0 saturated heterocycles. The quantitative estimate of drug-likeness (QED) is 0.596. The largest absolute Gasteiger partial charge is 0.452 e. The number of anilines is 1. The van der Waals surface area contributed by atoms with Crippen molar-refractivity contribution >= 4 is 39.3 Å². The van der Waals surface area contributed by atoms with Crippen LogP contribution < -0.4 is 5.32 Å². The van der Waals surface area contributed by atoms with Crippen LogP contribution >= 0.6 is 15.9 Å². The molecule has 0 saturated carbocycles. The standard InChI is InChI=1S/C17H14BrF2N5O3/c1-8(2)15-10(5-21-17-22-7-23-25(15)17)16(27)28-6-13(26)24-14-11(18)3-9(19)4-12(14)20/h3-5,7-8H,6H2,1-2H3,(H,24,26). The lowest BCUT2D eigenvalue weighted by Crippen LogP contribution is -2.23. The molecule has 0 unspecified atom stereocenters. The number of ether oxygens (including phenoxy) is 1. The van der Waals surface area contributed by atoms with Crippen LogP contribution in [-0.2, 0) is 9.53 Å². The Balaban J connectivity index is 1.73. The summed E-state index contributed by atoms with van der Waals surface area (Å²) in [6, 6.07) is 1.62. The number of rotatable bonds is 5. The molecule has 0 atom stereocenters. The molecule has 1 amide bonds. The van der Waals surface area contributed by atoms with Crippen molar-refractivity contribution in [2.45, 2.75) is 19.8 Å². The van der Waals surface area contributed by atoms with Gasteiger partial charge in [0.2, 0.25) is 0 Å². The van der Waals surface area contributed by atoms with Gasteiger partial charge in [0.25, 0.3) is 11.7 Å². The maximum absolute atomic E-state index is 13.8. The van der Waals surface area contributed by atoms with Crippen molar-refractivity contribution in [3.8, 4) is 0 Å². The third-order valence-electron chi connectivity index (χ3n) is 3.72. The molecule has 1 aromatic carbocycles. The normalized spacial score (nSPS) is 11.1. The van der Waals surface area contributed by atoms with E-state index in [1.54, 1.807) is 0 Å². The zero-order valence-corrected chi connectivity index (χ0v) is 16.3. The monoisotopic (exact) mass is 453 g/mol. The Morgan fingerprint density at radius 3 is 2.71 bits per heavy atom. The first-order valence-electron chi connectivity index (χ1n) is 8.08. The lowest BCUT2D eigenvalue weighted by atomic mass is 10.1. The smallest absolute Gasteiger partial charge is 0.342 e. The Hall–Kier alpha value is -2.95. The SMILES string of the molecule is CC(C)c1c(C(=O)OCC(=O)Nc2c(F)cc(F)cc2Br)cnc2ncnn12. The van der Waals surface area contributed by atoms with Gasteiger partial charge in [-0.3, -0.25) is 4.79 Å². The van der Waals surface area contributed by atoms with Crippen LogP contribution in [0.5, 0.6) is 0 Å². The topological polar surface area (TPSA) is 98.5 Å². The van der Waals surface area contributed by atoms with Crippen LogP contribution in [0.2, 0.25) is 0 Å². The molecule has 0 spiro atoms. The molecule has 0 aliphatic carbocycles. The number of halogens is 3. The summed E-state index contributed by atoms with van der Waals surface area (Å²) >= 11 is 2.96. The fraction of sp³-hybridized carbons (Fsp3) is 0.235. The van der Waals surface area contributed by atoms with Gasteiger partial charge in [0.1, 0.15) is 12.1 Å². The number of fused-ring (bicyclic) bond motifs is 1. The van der Waals surface area contributed by atoms with Crippen LogP contribution in [0.15, 0.2) is 29.1 Å². The van der Waals surface area contributed by atoms with Gasteiger partial charge in [-0.1, -0.05) is 13.8 Å². The summed E-state index contributed by atoms with van der Waals surface area (Å²) in [7, 11) is 0. The predicted molar refractivity (Wildman–Crippen MR) is 97.8 cm³/mol. The highest BCUT2D eigenvalue weighted by molar-refractivity contribution is 9.10. The predicted octanol–water partition coefficient (Wildman–Crippen LogP) is 3.08. The molecule has 1 N–H and O–H groups in total. The Morgan fingerprint density at radius 2 is 2.04 bits per heavy atom. The van der Waals surface area contributed by atoms with E-state index >= 15 is 0 Å². The number of carbonyl (C=O) groups excluding carboxylic acids is 2. The first-order valence-corrected chi connectivity index (χ1v) is 8.87. The van der Waals surface area contributed by atoms with Crippen LogP contribution in [0.25, 0.3) is 5.78 Å². The fourth-order valence-electron chi connectivity index (χ4n) is 2.55. The van der Waals surface area contributed by atoms with Gasteiger partial charge in [0, 0.05) is 16.7 Å². The van der Waals surface area contributed by atoms with Crippen molar-refractivity contribution in [2.24, 2.45) is 0 Å². The third kappa shape index (κ3) is 3.98. The van der Waals surface area contributed by atoms with Crippen LogP contribution in [0, 0.1) is 11.6 Å². The van der Waals surface area contributed by atoms with Gasteiger partial charge in [0.15, 0.2) is 12.4 Å². The number of esters is 1. The van der Waals surface area contributed by atoms with E-state index in [9.17, 15) is 18.4 Å². The Labute approximate surface area is 166 Å². The van der Waals surface area contributed by atoms with E-state index in [0.29, 0.717) is 17.5 Å². The molecule has 11 heteroatoms. The Morgan fingerprint density at radius 1 is 1.29 bits per heavy atom. The van der Waals surface area contributed by atoms with E-state index in [0.717, 1.165) is 6.07 Å². The maximum Gasteiger partial charge on any atom is 0.342 e. The number of carbonyl (C=O) groups is 2. The molecule has 3 aromatic rings. The fourth-order valence-corrected chi connectivity index (χ4v) is 3.06. The number of benzene rings is 1. The summed E-state index contributed by atoms with van der Waals surface area (Å²) < 4.78 is 33.3. The minimum Gasteiger partial charge on any atom is -0.452 e. The third-order valence-corrected chi connectivity index (χ3v) is 4.34. The second-order valence-electron chi connectivity index (χ2n) is 6.05. The number of nitrogens with one attached hydrogen (secondary N) is 1. The van der Waals surface area contributed by atoms with Crippen LogP contribution in [0.3, 0.4) is 0 Å². The highest BCUT2D eigenvalue weighted by atomic mass is 79.9. The number of hydrogen-bond donors (Lipinski definition) is 1. The average Bonchev–Trinajstić information content (AvgIpc) is 3.10. The summed E-state index contributed by atoms with van der Waals surface area (Å²) in [5.74, 6) is -3.12. The second kappa shape index (κ2) is 7.97. The minimum absolute atomic E-state index is 0.0209. The molecule has 3 rings (SSSR count). The molecule has 146 valence electrons. The summed E-state index contributed by atoms with van der Waals surface area (Å²) in [5, 5.41) is 6.27. The number of nitrogens with zero attached hydrogens (tertiary/aromatic N) is 4. The zero-order chi connectivity index (χ0) is 20.4. The molecular weight excluding hydrogens is 440 g/mol. The van der Waals surface area contributed by atoms with Gasteiger partial charge in [-0.15, -0.1) is 0 Å². The lowest BCUT2D eigenvalue weighted by Gasteiger charge is -2.13. The average molecular weight is 454 g/mol. The molecule has 0 aliphatic heterocycles. The first kappa shape index (κ1) is 19.8. The van der Waals surface area contributed by atoms with Crippen LogP contribution in [0.1, 0.15) is 35.8 Å². The second-order valence-corrected chi connectivity index (χ2v) is 6.91. The maximum atomic E-state index is 13.8. The van der Waals surface area contributed by atoms with E-state index in [2.05, 4.69) is 36.3 Å². The molecule has 2 aromatic heterocycles. The van der Waals surface area contributed by atoms with Crippen molar-refractivity contribution in [1.29, 1.82) is 0 Å². The van der Waals surface area contributed by atoms with E-state index in [1.165, 1.54) is 17.0 Å². The van der Waals surface area contributed by atoms with E-state index < -0.39 is 30.1 Å². The van der Waals surface area contributed by atoms with Crippen molar-refractivity contribution in [1.82, 2.24) is 19.6 Å². The molecule has 0 aliphatic rings. The highest BCUT2D eigenvalue weighted by Crippen LogP contribution is 2.27. The number of amides is 1. The molecule has 0 fully saturated rings. The van der Waals surface area contributed by atoms with Crippen LogP contribution in [0.4, 0.5) is 14.5 Å². The van der Waals surface area contributed by atoms with E-state index in [1.807, 2.05) is 13.8 Å². The summed E-state index contributed by atoms with van der Waals surface area (Å²) in [4.78, 5) is 32.4. The van der Waals surface area contributed by atoms with Crippen molar-refractivity contribution in [3.05, 3.63) is 52.0 Å². The molecule has 0 bridgehead atoms. The van der Waals surface area contributed by atoms with Crippen molar-refractivity contribution in [2.75, 3.05) is 11.9 Å². The molecule has 28 heavy (non-hydrogen) atoms. The van der Waals surface area contributed by atoms with E-state index in [-0.39, 0.29) is 21.6 Å². The molecule has 0 radical (unpaired) electrons. The number of aromatic nitrogens is 4. The first-order chi connectivity index (χ1) is 13.3. The van der Waals surface area contributed by atoms with E-state index in [4.69, 9.17) is 4.74 Å². The van der Waals surface area contributed by atoms with Crippen molar-refractivity contribution in [3.63, 3.8) is 0 Å². The lowest BCUT2D eigenvalue weighted by molar-refractivity contribution is -0.119. The minimum atomic E-state index is -0.963. The van der Waals surface area contributed by atoms with Gasteiger partial charge in [-0.2, -0.15) is 10.1 Å². The molecular formula is C17H14BrF2N5O3. The summed E-state index contributed by atoms with van der Waals surface area (Å²) in [5.41, 5.74) is 0.409. The van der Waals surface area contributed by atoms with Gasteiger partial charge in [-0.25, -0.2) is 23.1 Å². The van der Waals surface area contributed by atoms with Gasteiger partial charge in [0.05, 0.1) is 16.9 Å². The van der Waals surface area contributed by atoms with Gasteiger partial charge < -0.3 is 10.1 Å². The summed E-state index contributed by atoms with van der Waals surface area (Å²) in [6.45, 7) is 3.04. The zero-order valence-electron chi connectivity index (χ0n) is 14.7. The van der Waals surface area contributed by atoms with Gasteiger partial charge in [-0.05, 0) is 27.9 Å². The molecule has 2 heterocycles. The van der Waals surface area contributed by atoms with Crippen molar-refractivity contribution < 1.29 is 23.1 Å². The van der Waals surface area contributed by atoms with Crippen LogP contribution in [-0.4, -0.2) is 38.1 Å². The highest BCUT2D eigenvalue weighted by Gasteiger charge is 2.22. The Bertz CT molecular complexity index is 1050. The van der Waals surface area contributed by atoms with Gasteiger partial charge >= 0.3 is 5.97 Å².